The smallest absolute Gasteiger partial charge is 0.223 e. The summed E-state index contributed by atoms with van der Waals surface area (Å²) < 4.78 is 5.77. The fourth-order valence-electron chi connectivity index (χ4n) is 5.09. The average molecular weight is 489 g/mol. The topological polar surface area (TPSA) is 73.6 Å². The first-order chi connectivity index (χ1) is 16.8. The van der Waals surface area contributed by atoms with Crippen molar-refractivity contribution in [1.82, 2.24) is 4.90 Å². The number of likely N-dealkylation sites (tertiary alicyclic amines) is 1. The first kappa shape index (κ1) is 25.0. The molecule has 0 bridgehead atoms. The quantitative estimate of drug-likeness (QED) is 0.427. The number of nitriles is 1. The van der Waals surface area contributed by atoms with Crippen molar-refractivity contribution in [2.45, 2.75) is 52.1 Å². The highest BCUT2D eigenvalue weighted by Crippen LogP contribution is 2.44. The van der Waals surface area contributed by atoms with Gasteiger partial charge in [0.25, 0.3) is 0 Å². The molecule has 3 aromatic rings. The molecule has 1 aliphatic heterocycles. The molecule has 0 unspecified atom stereocenters. The lowest BCUT2D eigenvalue weighted by molar-refractivity contribution is -0.128. The Morgan fingerprint density at radius 1 is 1.20 bits per heavy atom. The normalized spacial score (nSPS) is 17.7. The fourth-order valence-corrected chi connectivity index (χ4v) is 6.17. The van der Waals surface area contributed by atoms with Gasteiger partial charge in [-0.3, -0.25) is 4.79 Å². The lowest BCUT2D eigenvalue weighted by Gasteiger charge is -2.30. The number of hydrogen-bond acceptors (Lipinski definition) is 5. The largest absolute Gasteiger partial charge is 0.490 e. The Morgan fingerprint density at radius 2 is 1.97 bits per heavy atom. The Bertz CT molecular complexity index is 1270. The highest BCUT2D eigenvalue weighted by molar-refractivity contribution is 7.18. The van der Waals surface area contributed by atoms with Gasteiger partial charge < -0.3 is 14.7 Å². The molecule has 1 aromatic heterocycles. The van der Waals surface area contributed by atoms with Crippen molar-refractivity contribution in [3.8, 4) is 32.7 Å². The van der Waals surface area contributed by atoms with Gasteiger partial charge in [0.2, 0.25) is 5.91 Å². The summed E-state index contributed by atoms with van der Waals surface area (Å²) in [5, 5.41) is 19.0. The standard InChI is InChI=1S/C29H32N2O3S/c1-5-29(16-28(33)31(18-29)13-14-32)24-8-6-7-23(20(24)4)27-12-11-26(35-27)21-9-10-25(34-19(2)3)22(15-21)17-30/h6-12,15,19,32H,5,13-14,16,18H2,1-4H3/t29-/m1/s1. The number of thiophene rings is 1. The monoisotopic (exact) mass is 488 g/mol. The average Bonchev–Trinajstić information content (AvgIpc) is 3.45. The molecule has 0 aliphatic carbocycles. The molecule has 6 heteroatoms. The summed E-state index contributed by atoms with van der Waals surface area (Å²) in [6.07, 6.45) is 1.35. The van der Waals surface area contributed by atoms with Gasteiger partial charge >= 0.3 is 0 Å². The zero-order chi connectivity index (χ0) is 25.2. The SMILES string of the molecule is CC[C@@]1(c2cccc(-c3ccc(-c4ccc(OC(C)C)c(C#N)c4)s3)c2C)CC(=O)N(CCO)C1. The molecule has 2 heterocycles. The minimum absolute atomic E-state index is 0.00818. The van der Waals surface area contributed by atoms with E-state index in [1.54, 1.807) is 16.2 Å². The predicted molar refractivity (Wildman–Crippen MR) is 141 cm³/mol. The van der Waals surface area contributed by atoms with E-state index < -0.39 is 0 Å². The molecule has 182 valence electrons. The van der Waals surface area contributed by atoms with Crippen LogP contribution in [0.2, 0.25) is 0 Å². The van der Waals surface area contributed by atoms with Crippen LogP contribution >= 0.6 is 11.3 Å². The van der Waals surface area contributed by atoms with Crippen molar-refractivity contribution >= 4 is 17.2 Å². The summed E-state index contributed by atoms with van der Waals surface area (Å²) in [4.78, 5) is 16.7. The Kier molecular flexibility index (Phi) is 7.30. The molecular formula is C29H32N2O3S. The number of ether oxygens (including phenoxy) is 1. The minimum Gasteiger partial charge on any atom is -0.490 e. The van der Waals surface area contributed by atoms with Crippen LogP contribution in [-0.2, 0) is 10.2 Å². The zero-order valence-electron chi connectivity index (χ0n) is 20.8. The highest BCUT2D eigenvalue weighted by Gasteiger charge is 2.43. The number of carbonyl (C=O) groups is 1. The Hall–Kier alpha value is -3.14. The van der Waals surface area contributed by atoms with E-state index in [9.17, 15) is 15.2 Å². The first-order valence-corrected chi connectivity index (χ1v) is 12.9. The Labute approximate surface area is 211 Å². The van der Waals surface area contributed by atoms with Gasteiger partial charge in [-0.2, -0.15) is 5.26 Å². The number of benzene rings is 2. The van der Waals surface area contributed by atoms with E-state index in [1.807, 2.05) is 32.0 Å². The molecule has 1 aliphatic rings. The van der Waals surface area contributed by atoms with Gasteiger partial charge in [-0.05, 0) is 79.8 Å². The number of β-amino-alcohol motifs (C(OH)–C–C–N with tert-alkyl or cyclic N) is 1. The molecule has 1 atom stereocenters. The number of nitrogens with zero attached hydrogens (tertiary/aromatic N) is 2. The minimum atomic E-state index is -0.236. The van der Waals surface area contributed by atoms with Gasteiger partial charge in [0.05, 0.1) is 18.3 Å². The predicted octanol–water partition coefficient (Wildman–Crippen LogP) is 5.92. The van der Waals surface area contributed by atoms with Gasteiger partial charge in [-0.25, -0.2) is 0 Å². The molecule has 5 nitrogen and oxygen atoms in total. The van der Waals surface area contributed by atoms with E-state index in [1.165, 1.54) is 16.7 Å². The molecule has 0 radical (unpaired) electrons. The molecule has 1 amide bonds. The second kappa shape index (κ2) is 10.2. The van der Waals surface area contributed by atoms with Crippen molar-refractivity contribution in [2.24, 2.45) is 0 Å². The number of aliphatic hydroxyl groups excluding tert-OH is 1. The van der Waals surface area contributed by atoms with Crippen LogP contribution in [0.3, 0.4) is 0 Å². The molecule has 35 heavy (non-hydrogen) atoms. The van der Waals surface area contributed by atoms with Crippen LogP contribution in [-0.4, -0.2) is 41.7 Å². The molecule has 1 fully saturated rings. The van der Waals surface area contributed by atoms with Crippen molar-refractivity contribution in [3.05, 3.63) is 65.2 Å². The molecule has 4 rings (SSSR count). The van der Waals surface area contributed by atoms with Crippen LogP contribution < -0.4 is 4.74 Å². The number of amides is 1. The third kappa shape index (κ3) is 4.84. The van der Waals surface area contributed by atoms with E-state index in [0.717, 1.165) is 21.7 Å². The summed E-state index contributed by atoms with van der Waals surface area (Å²) >= 11 is 1.70. The van der Waals surface area contributed by atoms with Crippen LogP contribution in [0.15, 0.2) is 48.5 Å². The molecule has 1 saturated heterocycles. The van der Waals surface area contributed by atoms with Crippen molar-refractivity contribution in [1.29, 1.82) is 5.26 Å². The maximum atomic E-state index is 12.7. The molecule has 0 saturated carbocycles. The van der Waals surface area contributed by atoms with Crippen molar-refractivity contribution < 1.29 is 14.6 Å². The van der Waals surface area contributed by atoms with Gasteiger partial charge in [-0.1, -0.05) is 25.1 Å². The molecule has 2 aromatic carbocycles. The van der Waals surface area contributed by atoms with Gasteiger partial charge in [0.1, 0.15) is 11.8 Å². The van der Waals surface area contributed by atoms with Crippen LogP contribution in [0.25, 0.3) is 20.9 Å². The summed E-state index contributed by atoms with van der Waals surface area (Å²) in [5.41, 5.74) is 4.87. The van der Waals surface area contributed by atoms with Gasteiger partial charge in [0.15, 0.2) is 0 Å². The van der Waals surface area contributed by atoms with Crippen LogP contribution in [0.5, 0.6) is 5.75 Å². The Morgan fingerprint density at radius 3 is 2.66 bits per heavy atom. The third-order valence-corrected chi connectivity index (χ3v) is 8.07. The second-order valence-electron chi connectivity index (χ2n) is 9.48. The summed E-state index contributed by atoms with van der Waals surface area (Å²) in [7, 11) is 0. The second-order valence-corrected chi connectivity index (χ2v) is 10.6. The van der Waals surface area contributed by atoms with E-state index in [-0.39, 0.29) is 24.0 Å². The Balaban J connectivity index is 1.68. The molecular weight excluding hydrogens is 456 g/mol. The molecule has 0 spiro atoms. The fraction of sp³-hybridized carbons (Fsp3) is 0.379. The number of hydrogen-bond donors (Lipinski definition) is 1. The van der Waals surface area contributed by atoms with E-state index in [4.69, 9.17) is 4.74 Å². The number of aliphatic hydroxyl groups is 1. The van der Waals surface area contributed by atoms with E-state index in [0.29, 0.717) is 30.8 Å². The van der Waals surface area contributed by atoms with E-state index in [2.05, 4.69) is 50.2 Å². The highest BCUT2D eigenvalue weighted by atomic mass is 32.1. The first-order valence-electron chi connectivity index (χ1n) is 12.1. The number of rotatable bonds is 8. The van der Waals surface area contributed by atoms with Crippen molar-refractivity contribution in [3.63, 3.8) is 0 Å². The summed E-state index contributed by atoms with van der Waals surface area (Å²) in [6.45, 7) is 9.21. The maximum Gasteiger partial charge on any atom is 0.223 e. The van der Waals surface area contributed by atoms with Crippen LogP contribution in [0.4, 0.5) is 0 Å². The summed E-state index contributed by atoms with van der Waals surface area (Å²) in [6, 6.07) is 18.6. The maximum absolute atomic E-state index is 12.7. The van der Waals surface area contributed by atoms with Gasteiger partial charge in [0, 0.05) is 34.7 Å². The van der Waals surface area contributed by atoms with Crippen LogP contribution in [0.1, 0.15) is 50.3 Å². The van der Waals surface area contributed by atoms with E-state index >= 15 is 0 Å². The number of carbonyl (C=O) groups excluding carboxylic acids is 1. The lowest BCUT2D eigenvalue weighted by Crippen LogP contribution is -2.33. The van der Waals surface area contributed by atoms with Crippen molar-refractivity contribution in [2.75, 3.05) is 19.7 Å². The summed E-state index contributed by atoms with van der Waals surface area (Å²) in [5.74, 6) is 0.722. The zero-order valence-corrected chi connectivity index (χ0v) is 21.6. The lowest BCUT2D eigenvalue weighted by atomic mass is 9.74. The molecule has 1 N–H and O–H groups in total. The third-order valence-electron chi connectivity index (χ3n) is 6.91. The van der Waals surface area contributed by atoms with Crippen LogP contribution in [0, 0.1) is 18.3 Å². The van der Waals surface area contributed by atoms with Gasteiger partial charge in [-0.15, -0.1) is 11.3 Å².